The van der Waals surface area contributed by atoms with E-state index in [1.807, 2.05) is 0 Å². The Bertz CT molecular complexity index is 260. The molecule has 0 aliphatic heterocycles. The van der Waals surface area contributed by atoms with Crippen LogP contribution in [-0.4, -0.2) is 56.5 Å². The molecule has 5 nitrogen and oxygen atoms in total. The van der Waals surface area contributed by atoms with Crippen LogP contribution in [0.25, 0.3) is 0 Å². The Balaban J connectivity index is 3.60. The topological polar surface area (TPSA) is 74.7 Å². The highest BCUT2D eigenvalue weighted by atomic mass is 32.2. The standard InChI is InChI=1S/C7H15NO4S/c1-8(6-7(9)10)4-3-5-13(2,11)12/h3-6H2,1-2H3,(H,9,10). The Morgan fingerprint density at radius 2 is 2.00 bits per heavy atom. The monoisotopic (exact) mass is 209 g/mol. The minimum absolute atomic E-state index is 0.0518. The van der Waals surface area contributed by atoms with Crippen molar-refractivity contribution in [3.63, 3.8) is 0 Å². The summed E-state index contributed by atoms with van der Waals surface area (Å²) in [7, 11) is -1.27. The van der Waals surface area contributed by atoms with E-state index in [1.54, 1.807) is 11.9 Å². The number of carboxylic acids is 1. The van der Waals surface area contributed by atoms with Crippen molar-refractivity contribution in [3.05, 3.63) is 0 Å². The third-order valence-corrected chi connectivity index (χ3v) is 2.49. The Hall–Kier alpha value is -0.620. The van der Waals surface area contributed by atoms with Crippen LogP contribution in [-0.2, 0) is 14.6 Å². The number of hydrogen-bond acceptors (Lipinski definition) is 4. The molecule has 0 rings (SSSR count). The zero-order valence-electron chi connectivity index (χ0n) is 7.86. The van der Waals surface area contributed by atoms with Gasteiger partial charge in [-0.1, -0.05) is 0 Å². The molecule has 0 spiro atoms. The SMILES string of the molecule is CN(CCCS(C)(=O)=O)CC(=O)O. The van der Waals surface area contributed by atoms with Crippen molar-refractivity contribution in [2.24, 2.45) is 0 Å². The molecule has 0 aliphatic rings. The first-order chi connectivity index (χ1) is 5.81. The summed E-state index contributed by atoms with van der Waals surface area (Å²) in [5, 5.41) is 8.38. The van der Waals surface area contributed by atoms with E-state index in [2.05, 4.69) is 0 Å². The van der Waals surface area contributed by atoms with Gasteiger partial charge in [0.2, 0.25) is 0 Å². The summed E-state index contributed by atoms with van der Waals surface area (Å²) >= 11 is 0. The summed E-state index contributed by atoms with van der Waals surface area (Å²) in [5.74, 6) is -0.793. The van der Waals surface area contributed by atoms with Crippen LogP contribution in [0.5, 0.6) is 0 Å². The van der Waals surface area contributed by atoms with Crippen LogP contribution in [0, 0.1) is 0 Å². The van der Waals surface area contributed by atoms with Gasteiger partial charge in [-0.25, -0.2) is 8.42 Å². The number of likely N-dealkylation sites (N-methyl/N-ethyl adjacent to an activating group) is 1. The average molecular weight is 209 g/mol. The van der Waals surface area contributed by atoms with Crippen molar-refractivity contribution in [2.75, 3.05) is 32.1 Å². The van der Waals surface area contributed by atoms with E-state index in [9.17, 15) is 13.2 Å². The first-order valence-electron chi connectivity index (χ1n) is 3.89. The van der Waals surface area contributed by atoms with Gasteiger partial charge in [-0.2, -0.15) is 0 Å². The molecule has 0 aliphatic carbocycles. The van der Waals surface area contributed by atoms with Gasteiger partial charge in [0, 0.05) is 6.26 Å². The maximum Gasteiger partial charge on any atom is 0.317 e. The van der Waals surface area contributed by atoms with Gasteiger partial charge in [-0.15, -0.1) is 0 Å². The number of carboxylic acid groups (broad SMARTS) is 1. The third kappa shape index (κ3) is 9.29. The minimum atomic E-state index is -2.92. The van der Waals surface area contributed by atoms with Crippen LogP contribution in [0.15, 0.2) is 0 Å². The largest absolute Gasteiger partial charge is 0.480 e. The average Bonchev–Trinajstić information content (AvgIpc) is 1.81. The number of nitrogens with zero attached hydrogens (tertiary/aromatic N) is 1. The molecule has 0 aromatic rings. The molecule has 0 fully saturated rings. The third-order valence-electron chi connectivity index (χ3n) is 1.46. The van der Waals surface area contributed by atoms with Crippen molar-refractivity contribution < 1.29 is 18.3 Å². The molecule has 0 radical (unpaired) electrons. The van der Waals surface area contributed by atoms with Gasteiger partial charge in [0.1, 0.15) is 9.84 Å². The molecule has 6 heteroatoms. The Kier molecular flexibility index (Phi) is 4.94. The van der Waals surface area contributed by atoms with Crippen LogP contribution in [0.2, 0.25) is 0 Å². The zero-order valence-corrected chi connectivity index (χ0v) is 8.67. The molecule has 0 saturated heterocycles. The molecule has 0 aromatic carbocycles. The van der Waals surface area contributed by atoms with Crippen LogP contribution < -0.4 is 0 Å². The molecule has 1 N–H and O–H groups in total. The molecule has 0 heterocycles. The first kappa shape index (κ1) is 12.4. The normalized spacial score (nSPS) is 11.9. The van der Waals surface area contributed by atoms with Crippen LogP contribution in [0.4, 0.5) is 0 Å². The van der Waals surface area contributed by atoms with Gasteiger partial charge in [-0.3, -0.25) is 9.69 Å². The fraction of sp³-hybridized carbons (Fsp3) is 0.857. The molecule has 0 unspecified atom stereocenters. The second kappa shape index (κ2) is 5.18. The maximum absolute atomic E-state index is 10.7. The summed E-state index contributed by atoms with van der Waals surface area (Å²) in [4.78, 5) is 11.8. The van der Waals surface area contributed by atoms with Crippen molar-refractivity contribution in [3.8, 4) is 0 Å². The zero-order chi connectivity index (χ0) is 10.5. The molecule has 0 aromatic heterocycles. The van der Waals surface area contributed by atoms with Gasteiger partial charge >= 0.3 is 5.97 Å². The Labute approximate surface area is 78.3 Å². The van der Waals surface area contributed by atoms with E-state index in [4.69, 9.17) is 5.11 Å². The molecule has 13 heavy (non-hydrogen) atoms. The Morgan fingerprint density at radius 3 is 2.38 bits per heavy atom. The van der Waals surface area contributed by atoms with Gasteiger partial charge < -0.3 is 5.11 Å². The van der Waals surface area contributed by atoms with E-state index in [1.165, 1.54) is 6.26 Å². The number of aliphatic carboxylic acids is 1. The lowest BCUT2D eigenvalue weighted by molar-refractivity contribution is -0.137. The van der Waals surface area contributed by atoms with E-state index < -0.39 is 15.8 Å². The second-order valence-electron chi connectivity index (χ2n) is 3.11. The van der Waals surface area contributed by atoms with Gasteiger partial charge in [0.25, 0.3) is 0 Å². The van der Waals surface area contributed by atoms with Crippen molar-refractivity contribution in [2.45, 2.75) is 6.42 Å². The summed E-state index contributed by atoms with van der Waals surface area (Å²) in [6, 6.07) is 0. The predicted molar refractivity (Wildman–Crippen MR) is 49.5 cm³/mol. The van der Waals surface area contributed by atoms with Gasteiger partial charge in [0.05, 0.1) is 12.3 Å². The summed E-state index contributed by atoms with van der Waals surface area (Å²) in [6.45, 7) is 0.434. The Morgan fingerprint density at radius 1 is 1.46 bits per heavy atom. The van der Waals surface area contributed by atoms with Gasteiger partial charge in [0.15, 0.2) is 0 Å². The van der Waals surface area contributed by atoms with Crippen LogP contribution in [0.3, 0.4) is 0 Å². The highest BCUT2D eigenvalue weighted by molar-refractivity contribution is 7.90. The van der Waals surface area contributed by atoms with Crippen LogP contribution in [0.1, 0.15) is 6.42 Å². The fourth-order valence-electron chi connectivity index (χ4n) is 0.907. The summed E-state index contributed by atoms with van der Waals surface area (Å²) in [5.41, 5.74) is 0. The molecular formula is C7H15NO4S. The summed E-state index contributed by atoms with van der Waals surface area (Å²) < 4.78 is 21.4. The maximum atomic E-state index is 10.7. The first-order valence-corrected chi connectivity index (χ1v) is 5.95. The second-order valence-corrected chi connectivity index (χ2v) is 5.37. The van der Waals surface area contributed by atoms with Crippen molar-refractivity contribution in [1.82, 2.24) is 4.90 Å². The van der Waals surface area contributed by atoms with E-state index >= 15 is 0 Å². The van der Waals surface area contributed by atoms with E-state index in [0.717, 1.165) is 0 Å². The molecule has 0 atom stereocenters. The molecule has 78 valence electrons. The van der Waals surface area contributed by atoms with Gasteiger partial charge in [-0.05, 0) is 20.0 Å². The van der Waals surface area contributed by atoms with Crippen molar-refractivity contribution >= 4 is 15.8 Å². The molecule has 0 bridgehead atoms. The predicted octanol–water partition coefficient (Wildman–Crippen LogP) is -0.562. The summed E-state index contributed by atoms with van der Waals surface area (Å²) in [6.07, 6.45) is 1.65. The lowest BCUT2D eigenvalue weighted by atomic mass is 10.4. The minimum Gasteiger partial charge on any atom is -0.480 e. The highest BCUT2D eigenvalue weighted by Crippen LogP contribution is 1.92. The highest BCUT2D eigenvalue weighted by Gasteiger charge is 2.06. The van der Waals surface area contributed by atoms with Crippen LogP contribution >= 0.6 is 0 Å². The lowest BCUT2D eigenvalue weighted by Crippen LogP contribution is -2.27. The lowest BCUT2D eigenvalue weighted by Gasteiger charge is -2.12. The quantitative estimate of drug-likeness (QED) is 0.634. The van der Waals surface area contributed by atoms with E-state index in [-0.39, 0.29) is 12.3 Å². The number of carbonyl (C=O) groups is 1. The molecule has 0 saturated carbocycles. The van der Waals surface area contributed by atoms with Crippen molar-refractivity contribution in [1.29, 1.82) is 0 Å². The van der Waals surface area contributed by atoms with E-state index in [0.29, 0.717) is 13.0 Å². The smallest absolute Gasteiger partial charge is 0.317 e. The number of rotatable bonds is 6. The number of sulfone groups is 1. The molecular weight excluding hydrogens is 194 g/mol. The fourth-order valence-corrected chi connectivity index (χ4v) is 1.56. The number of hydrogen-bond donors (Lipinski definition) is 1. The molecule has 0 amide bonds.